The monoisotopic (exact) mass is 473 g/mol. The number of hydrogen-bond donors (Lipinski definition) is 1. The van der Waals surface area contributed by atoms with Gasteiger partial charge in [0.1, 0.15) is 19.3 Å². The Hall–Kier alpha value is -2.78. The van der Waals surface area contributed by atoms with Gasteiger partial charge in [-0.05, 0) is 56.1 Å². The number of benzene rings is 2. The first-order valence-electron chi connectivity index (χ1n) is 11.3. The molecule has 9 heteroatoms. The van der Waals surface area contributed by atoms with E-state index in [2.05, 4.69) is 22.3 Å². The van der Waals surface area contributed by atoms with Crippen LogP contribution in [-0.2, 0) is 27.9 Å². The van der Waals surface area contributed by atoms with Crippen molar-refractivity contribution in [2.45, 2.75) is 38.9 Å². The number of nitrogens with zero attached hydrogens (tertiary/aromatic N) is 2. The average molecular weight is 474 g/mol. The molecule has 1 unspecified atom stereocenters. The smallest absolute Gasteiger partial charge is 0.243 e. The molecule has 2 aliphatic rings. The molecule has 0 aromatic heterocycles. The number of fused-ring (bicyclic) bond motifs is 1. The third kappa shape index (κ3) is 5.78. The normalized spacial score (nSPS) is 16.9. The van der Waals surface area contributed by atoms with Crippen molar-refractivity contribution in [1.29, 1.82) is 0 Å². The average Bonchev–Trinajstić information content (AvgIpc) is 3.30. The van der Waals surface area contributed by atoms with E-state index < -0.39 is 16.1 Å². The van der Waals surface area contributed by atoms with Gasteiger partial charge in [-0.3, -0.25) is 14.0 Å². The van der Waals surface area contributed by atoms with E-state index in [0.717, 1.165) is 35.8 Å². The Balaban J connectivity index is 1.44. The highest BCUT2D eigenvalue weighted by Crippen LogP contribution is 2.35. The number of carbonyl (C=O) groups is 1. The van der Waals surface area contributed by atoms with E-state index in [1.807, 2.05) is 12.1 Å². The van der Waals surface area contributed by atoms with Crippen molar-refractivity contribution in [3.05, 3.63) is 53.6 Å². The maximum Gasteiger partial charge on any atom is 0.243 e. The Bertz CT molecular complexity index is 1100. The van der Waals surface area contributed by atoms with Gasteiger partial charge in [-0.15, -0.1) is 0 Å². The molecule has 1 fully saturated rings. The Morgan fingerprint density at radius 2 is 1.76 bits per heavy atom. The zero-order valence-electron chi connectivity index (χ0n) is 19.1. The molecule has 178 valence electrons. The minimum atomic E-state index is -3.72. The number of sulfonamides is 1. The van der Waals surface area contributed by atoms with Crippen molar-refractivity contribution in [3.63, 3.8) is 0 Å². The Labute approximate surface area is 195 Å². The third-order valence-corrected chi connectivity index (χ3v) is 7.17. The van der Waals surface area contributed by atoms with Crippen LogP contribution in [0, 0.1) is 0 Å². The Morgan fingerprint density at radius 3 is 2.48 bits per heavy atom. The number of ether oxygens (including phenoxy) is 2. The van der Waals surface area contributed by atoms with E-state index in [9.17, 15) is 13.2 Å². The van der Waals surface area contributed by atoms with Crippen LogP contribution >= 0.6 is 0 Å². The van der Waals surface area contributed by atoms with Crippen LogP contribution in [0.25, 0.3) is 0 Å². The fourth-order valence-corrected chi connectivity index (χ4v) is 5.52. The zero-order valence-corrected chi connectivity index (χ0v) is 19.9. The van der Waals surface area contributed by atoms with Gasteiger partial charge in [0.25, 0.3) is 0 Å². The molecule has 2 aromatic rings. The van der Waals surface area contributed by atoms with Crippen LogP contribution < -0.4 is 19.1 Å². The Morgan fingerprint density at radius 1 is 1.06 bits per heavy atom. The SMILES string of the molecule is CC(C(=O)NCc1cccc(CN2CCCC2)c1)N(c1ccc2c(c1)OCCO2)S(C)(=O)=O. The lowest BCUT2D eigenvalue weighted by Gasteiger charge is -2.29. The summed E-state index contributed by atoms with van der Waals surface area (Å²) in [7, 11) is -3.72. The van der Waals surface area contributed by atoms with Crippen LogP contribution in [0.1, 0.15) is 30.9 Å². The van der Waals surface area contributed by atoms with Gasteiger partial charge in [0.15, 0.2) is 11.5 Å². The molecule has 2 heterocycles. The van der Waals surface area contributed by atoms with Gasteiger partial charge in [-0.25, -0.2) is 8.42 Å². The summed E-state index contributed by atoms with van der Waals surface area (Å²) in [5.74, 6) is 0.652. The summed E-state index contributed by atoms with van der Waals surface area (Å²) >= 11 is 0. The number of nitrogens with one attached hydrogen (secondary N) is 1. The fraction of sp³-hybridized carbons (Fsp3) is 0.458. The van der Waals surface area contributed by atoms with E-state index in [4.69, 9.17) is 9.47 Å². The molecular weight excluding hydrogens is 442 g/mol. The van der Waals surface area contributed by atoms with Crippen molar-refractivity contribution >= 4 is 21.6 Å². The van der Waals surface area contributed by atoms with Gasteiger partial charge >= 0.3 is 0 Å². The van der Waals surface area contributed by atoms with Gasteiger partial charge in [0.2, 0.25) is 15.9 Å². The molecule has 0 saturated carbocycles. The number of rotatable bonds is 8. The van der Waals surface area contributed by atoms with E-state index in [-0.39, 0.29) is 5.91 Å². The molecule has 0 bridgehead atoms. The molecule has 8 nitrogen and oxygen atoms in total. The van der Waals surface area contributed by atoms with Gasteiger partial charge in [0, 0.05) is 19.2 Å². The summed E-state index contributed by atoms with van der Waals surface area (Å²) in [6.45, 7) is 5.90. The third-order valence-electron chi connectivity index (χ3n) is 5.93. The standard InChI is InChI=1S/C24H31N3O5S/c1-18(27(33(2,29)30)21-8-9-22-23(15-21)32-13-12-31-22)24(28)25-16-19-6-5-7-20(14-19)17-26-10-3-4-11-26/h5-9,14-15,18H,3-4,10-13,16-17H2,1-2H3,(H,25,28). The first-order valence-corrected chi connectivity index (χ1v) is 13.1. The van der Waals surface area contributed by atoms with Crippen LogP contribution in [0.3, 0.4) is 0 Å². The highest BCUT2D eigenvalue weighted by Gasteiger charge is 2.30. The lowest BCUT2D eigenvalue weighted by Crippen LogP contribution is -2.47. The molecule has 0 aliphatic carbocycles. The molecule has 1 N–H and O–H groups in total. The van der Waals surface area contributed by atoms with E-state index in [1.165, 1.54) is 18.4 Å². The molecule has 1 amide bonds. The lowest BCUT2D eigenvalue weighted by molar-refractivity contribution is -0.122. The highest BCUT2D eigenvalue weighted by atomic mass is 32.2. The van der Waals surface area contributed by atoms with Crippen LogP contribution in [0.15, 0.2) is 42.5 Å². The van der Waals surface area contributed by atoms with E-state index >= 15 is 0 Å². The quantitative estimate of drug-likeness (QED) is 0.634. The number of likely N-dealkylation sites (tertiary alicyclic amines) is 1. The van der Waals surface area contributed by atoms with Gasteiger partial charge < -0.3 is 14.8 Å². The van der Waals surface area contributed by atoms with Crippen molar-refractivity contribution in [2.24, 2.45) is 0 Å². The molecule has 1 saturated heterocycles. The van der Waals surface area contributed by atoms with Gasteiger partial charge in [0.05, 0.1) is 11.9 Å². The predicted molar refractivity (Wildman–Crippen MR) is 127 cm³/mol. The second-order valence-electron chi connectivity index (χ2n) is 8.58. The van der Waals surface area contributed by atoms with Crippen LogP contribution in [0.5, 0.6) is 11.5 Å². The van der Waals surface area contributed by atoms with Crippen LogP contribution in [0.4, 0.5) is 5.69 Å². The molecule has 2 aromatic carbocycles. The molecule has 2 aliphatic heterocycles. The zero-order chi connectivity index (χ0) is 23.4. The molecule has 33 heavy (non-hydrogen) atoms. The number of anilines is 1. The molecular formula is C24H31N3O5S. The summed E-state index contributed by atoms with van der Waals surface area (Å²) < 4.78 is 37.4. The summed E-state index contributed by atoms with van der Waals surface area (Å²) in [6.07, 6.45) is 3.58. The second kappa shape index (κ2) is 10.0. The van der Waals surface area contributed by atoms with Gasteiger partial charge in [-0.1, -0.05) is 24.3 Å². The maximum absolute atomic E-state index is 12.9. The van der Waals surface area contributed by atoms with Crippen LogP contribution in [-0.4, -0.2) is 57.8 Å². The first kappa shape index (κ1) is 23.4. The summed E-state index contributed by atoms with van der Waals surface area (Å²) in [5, 5.41) is 2.89. The summed E-state index contributed by atoms with van der Waals surface area (Å²) in [4.78, 5) is 15.4. The Kier molecular flexibility index (Phi) is 7.09. The van der Waals surface area contributed by atoms with E-state index in [1.54, 1.807) is 25.1 Å². The van der Waals surface area contributed by atoms with E-state index in [0.29, 0.717) is 36.9 Å². The lowest BCUT2D eigenvalue weighted by atomic mass is 10.1. The van der Waals surface area contributed by atoms with Crippen molar-refractivity contribution in [2.75, 3.05) is 36.9 Å². The van der Waals surface area contributed by atoms with Crippen LogP contribution in [0.2, 0.25) is 0 Å². The first-order chi connectivity index (χ1) is 15.8. The minimum Gasteiger partial charge on any atom is -0.486 e. The predicted octanol–water partition coefficient (Wildman–Crippen LogP) is 2.52. The number of hydrogen-bond acceptors (Lipinski definition) is 6. The number of carbonyl (C=O) groups excluding carboxylic acids is 1. The van der Waals surface area contributed by atoms with Crippen molar-refractivity contribution < 1.29 is 22.7 Å². The highest BCUT2D eigenvalue weighted by molar-refractivity contribution is 7.92. The molecule has 1 atom stereocenters. The minimum absolute atomic E-state index is 0.329. The second-order valence-corrected chi connectivity index (χ2v) is 10.4. The largest absolute Gasteiger partial charge is 0.486 e. The maximum atomic E-state index is 12.9. The fourth-order valence-electron chi connectivity index (χ4n) is 4.35. The van der Waals surface area contributed by atoms with Crippen molar-refractivity contribution in [1.82, 2.24) is 10.2 Å². The topological polar surface area (TPSA) is 88.2 Å². The molecule has 4 rings (SSSR count). The summed E-state index contributed by atoms with van der Waals surface area (Å²) in [5.41, 5.74) is 2.56. The number of amides is 1. The van der Waals surface area contributed by atoms with Crippen molar-refractivity contribution in [3.8, 4) is 11.5 Å². The molecule has 0 radical (unpaired) electrons. The molecule has 0 spiro atoms. The van der Waals surface area contributed by atoms with Gasteiger partial charge in [-0.2, -0.15) is 0 Å². The summed E-state index contributed by atoms with van der Waals surface area (Å²) in [6, 6.07) is 12.1.